The number of benzene rings is 1. The molecule has 0 unspecified atom stereocenters. The van der Waals surface area contributed by atoms with Crippen molar-refractivity contribution in [3.63, 3.8) is 0 Å². The molecule has 0 fully saturated rings. The minimum absolute atomic E-state index is 0.737. The van der Waals surface area contributed by atoms with Crippen LogP contribution in [0.25, 0.3) is 10.9 Å². The number of aryl methyl sites for hydroxylation is 1. The number of aldehydes is 1. The van der Waals surface area contributed by atoms with Crippen molar-refractivity contribution < 1.29 is 4.79 Å². The fourth-order valence-electron chi connectivity index (χ4n) is 1.37. The molecule has 13 heavy (non-hydrogen) atoms. The van der Waals surface area contributed by atoms with Crippen LogP contribution >= 0.6 is 0 Å². The van der Waals surface area contributed by atoms with Gasteiger partial charge in [0.2, 0.25) is 0 Å². The van der Waals surface area contributed by atoms with Crippen LogP contribution < -0.4 is 0 Å². The van der Waals surface area contributed by atoms with Gasteiger partial charge in [0.25, 0.3) is 0 Å². The Bertz CT molecular complexity index is 463. The highest BCUT2D eigenvalue weighted by molar-refractivity contribution is 5.88. The zero-order valence-corrected chi connectivity index (χ0v) is 7.32. The Morgan fingerprint density at radius 3 is 3.00 bits per heavy atom. The average molecular weight is 171 g/mol. The lowest BCUT2D eigenvalue weighted by molar-refractivity contribution is 0.112. The molecule has 0 aliphatic carbocycles. The molecule has 2 rings (SSSR count). The molecule has 0 saturated carbocycles. The zero-order valence-electron chi connectivity index (χ0n) is 7.32. The van der Waals surface area contributed by atoms with Gasteiger partial charge < -0.3 is 0 Å². The highest BCUT2D eigenvalue weighted by Crippen LogP contribution is 2.15. The maximum absolute atomic E-state index is 10.7. The van der Waals surface area contributed by atoms with Gasteiger partial charge in [0.15, 0.2) is 0 Å². The van der Waals surface area contributed by atoms with Crippen molar-refractivity contribution >= 4 is 17.2 Å². The van der Waals surface area contributed by atoms with Crippen LogP contribution in [-0.4, -0.2) is 11.3 Å². The van der Waals surface area contributed by atoms with Crippen LogP contribution in [0.1, 0.15) is 15.9 Å². The third-order valence-electron chi connectivity index (χ3n) is 2.12. The maximum atomic E-state index is 10.7. The van der Waals surface area contributed by atoms with Gasteiger partial charge in [0.05, 0.1) is 5.52 Å². The van der Waals surface area contributed by atoms with E-state index < -0.39 is 0 Å². The quantitative estimate of drug-likeness (QED) is 0.616. The Hall–Kier alpha value is -1.70. The molecule has 1 heterocycles. The molecule has 2 aromatic rings. The first-order valence-electron chi connectivity index (χ1n) is 4.12. The highest BCUT2D eigenvalue weighted by atomic mass is 16.1. The van der Waals surface area contributed by atoms with Crippen LogP contribution in [0.3, 0.4) is 0 Å². The van der Waals surface area contributed by atoms with Gasteiger partial charge >= 0.3 is 0 Å². The standard InChI is InChI=1S/C11H9NO/c1-8-5-11-9(3-2-4-12-11)6-10(8)7-13/h2-7H,1H3. The second-order valence-electron chi connectivity index (χ2n) is 3.02. The van der Waals surface area contributed by atoms with E-state index in [1.165, 1.54) is 0 Å². The number of carbonyl (C=O) groups is 1. The predicted molar refractivity (Wildman–Crippen MR) is 51.9 cm³/mol. The molecule has 2 heteroatoms. The number of carbonyl (C=O) groups excluding carboxylic acids is 1. The molecule has 64 valence electrons. The zero-order chi connectivity index (χ0) is 9.26. The summed E-state index contributed by atoms with van der Waals surface area (Å²) in [6.45, 7) is 1.91. The van der Waals surface area contributed by atoms with Gasteiger partial charge in [-0.05, 0) is 30.7 Å². The smallest absolute Gasteiger partial charge is 0.150 e. The van der Waals surface area contributed by atoms with Crippen LogP contribution in [-0.2, 0) is 0 Å². The minimum Gasteiger partial charge on any atom is -0.298 e. The second kappa shape index (κ2) is 2.98. The SMILES string of the molecule is Cc1cc2ncccc2cc1C=O. The van der Waals surface area contributed by atoms with E-state index in [9.17, 15) is 4.79 Å². The molecule has 0 aliphatic rings. The molecule has 0 aliphatic heterocycles. The number of pyridine rings is 1. The maximum Gasteiger partial charge on any atom is 0.150 e. The topological polar surface area (TPSA) is 30.0 Å². The summed E-state index contributed by atoms with van der Waals surface area (Å²) in [5.41, 5.74) is 2.65. The van der Waals surface area contributed by atoms with E-state index >= 15 is 0 Å². The van der Waals surface area contributed by atoms with Crippen molar-refractivity contribution in [2.24, 2.45) is 0 Å². The molecule has 0 radical (unpaired) electrons. The molecule has 0 saturated heterocycles. The molecule has 1 aromatic carbocycles. The first-order chi connectivity index (χ1) is 6.31. The first-order valence-corrected chi connectivity index (χ1v) is 4.12. The Morgan fingerprint density at radius 2 is 2.23 bits per heavy atom. The van der Waals surface area contributed by atoms with Gasteiger partial charge in [0.1, 0.15) is 6.29 Å². The van der Waals surface area contributed by atoms with E-state index in [0.717, 1.165) is 28.3 Å². The third kappa shape index (κ3) is 1.31. The van der Waals surface area contributed by atoms with E-state index in [4.69, 9.17) is 0 Å². The number of hydrogen-bond donors (Lipinski definition) is 0. The van der Waals surface area contributed by atoms with E-state index in [-0.39, 0.29) is 0 Å². The van der Waals surface area contributed by atoms with Crippen molar-refractivity contribution in [2.75, 3.05) is 0 Å². The lowest BCUT2D eigenvalue weighted by Gasteiger charge is -2.00. The number of rotatable bonds is 1. The molecule has 0 N–H and O–H groups in total. The summed E-state index contributed by atoms with van der Waals surface area (Å²) in [7, 11) is 0. The van der Waals surface area contributed by atoms with E-state index in [1.807, 2.05) is 31.2 Å². The first kappa shape index (κ1) is 7.92. The summed E-state index contributed by atoms with van der Waals surface area (Å²) < 4.78 is 0. The molecular weight excluding hydrogens is 162 g/mol. The number of fused-ring (bicyclic) bond motifs is 1. The van der Waals surface area contributed by atoms with Crippen LogP contribution in [0, 0.1) is 6.92 Å². The van der Waals surface area contributed by atoms with Crippen LogP contribution in [0.15, 0.2) is 30.5 Å². The van der Waals surface area contributed by atoms with Crippen molar-refractivity contribution in [3.8, 4) is 0 Å². The molecule has 2 nitrogen and oxygen atoms in total. The van der Waals surface area contributed by atoms with Crippen LogP contribution in [0.2, 0.25) is 0 Å². The summed E-state index contributed by atoms with van der Waals surface area (Å²) in [6, 6.07) is 7.62. The molecule has 1 aromatic heterocycles. The summed E-state index contributed by atoms with van der Waals surface area (Å²) >= 11 is 0. The van der Waals surface area contributed by atoms with Gasteiger partial charge in [0, 0.05) is 17.1 Å². The Kier molecular flexibility index (Phi) is 1.81. The van der Waals surface area contributed by atoms with Crippen molar-refractivity contribution in [1.82, 2.24) is 4.98 Å². The van der Waals surface area contributed by atoms with Gasteiger partial charge in [-0.3, -0.25) is 9.78 Å². The number of nitrogens with zero attached hydrogens (tertiary/aromatic N) is 1. The van der Waals surface area contributed by atoms with E-state index in [2.05, 4.69) is 4.98 Å². The van der Waals surface area contributed by atoms with Gasteiger partial charge in [-0.25, -0.2) is 0 Å². The minimum atomic E-state index is 0.737. The normalized spacial score (nSPS) is 10.2. The van der Waals surface area contributed by atoms with Crippen molar-refractivity contribution in [3.05, 3.63) is 41.6 Å². The van der Waals surface area contributed by atoms with Crippen LogP contribution in [0.4, 0.5) is 0 Å². The summed E-state index contributed by atoms with van der Waals surface area (Å²) in [5.74, 6) is 0. The fraction of sp³-hybridized carbons (Fsp3) is 0.0909. The van der Waals surface area contributed by atoms with E-state index in [0.29, 0.717) is 0 Å². The monoisotopic (exact) mass is 171 g/mol. The van der Waals surface area contributed by atoms with Gasteiger partial charge in [-0.2, -0.15) is 0 Å². The lowest BCUT2D eigenvalue weighted by atomic mass is 10.1. The second-order valence-corrected chi connectivity index (χ2v) is 3.02. The Labute approximate surface area is 76.2 Å². The highest BCUT2D eigenvalue weighted by Gasteiger charge is 1.99. The summed E-state index contributed by atoms with van der Waals surface area (Å²) in [6.07, 6.45) is 2.63. The fourth-order valence-corrected chi connectivity index (χ4v) is 1.37. The third-order valence-corrected chi connectivity index (χ3v) is 2.12. The average Bonchev–Trinajstić information content (AvgIpc) is 2.17. The lowest BCUT2D eigenvalue weighted by Crippen LogP contribution is -1.87. The van der Waals surface area contributed by atoms with Crippen LogP contribution in [0.5, 0.6) is 0 Å². The van der Waals surface area contributed by atoms with Gasteiger partial charge in [-0.1, -0.05) is 6.07 Å². The summed E-state index contributed by atoms with van der Waals surface area (Å²) in [5, 5.41) is 1.01. The number of aromatic nitrogens is 1. The molecule has 0 spiro atoms. The van der Waals surface area contributed by atoms with E-state index in [1.54, 1.807) is 6.20 Å². The van der Waals surface area contributed by atoms with Crippen molar-refractivity contribution in [1.29, 1.82) is 0 Å². The predicted octanol–water partition coefficient (Wildman–Crippen LogP) is 2.36. The summed E-state index contributed by atoms with van der Waals surface area (Å²) in [4.78, 5) is 14.9. The molecule has 0 atom stereocenters. The Balaban J connectivity index is 2.81. The van der Waals surface area contributed by atoms with Gasteiger partial charge in [-0.15, -0.1) is 0 Å². The largest absolute Gasteiger partial charge is 0.298 e. The van der Waals surface area contributed by atoms with Crippen molar-refractivity contribution in [2.45, 2.75) is 6.92 Å². The number of hydrogen-bond acceptors (Lipinski definition) is 2. The molecular formula is C11H9NO. The molecule has 0 amide bonds. The Morgan fingerprint density at radius 1 is 1.38 bits per heavy atom. The molecule has 0 bridgehead atoms.